The van der Waals surface area contributed by atoms with Crippen molar-refractivity contribution in [3.63, 3.8) is 0 Å². The fourth-order valence-electron chi connectivity index (χ4n) is 2.16. The molecule has 0 amide bonds. The predicted molar refractivity (Wildman–Crippen MR) is 63.6 cm³/mol. The maximum absolute atomic E-state index is 11.3. The standard InChI is InChI=1S/C13H17NO2/c1-2-14(11-6-4-3-5-7-11)12(13(15)16)10-8-9-10/h3-7,10,12H,2,8-9H2,1H3,(H,15,16)/t12-/m0/s1. The van der Waals surface area contributed by atoms with Crippen LogP contribution in [0.5, 0.6) is 0 Å². The van der Waals surface area contributed by atoms with Crippen LogP contribution in [-0.2, 0) is 4.79 Å². The second kappa shape index (κ2) is 4.56. The van der Waals surface area contributed by atoms with Crippen LogP contribution in [0.4, 0.5) is 5.69 Å². The van der Waals surface area contributed by atoms with Crippen LogP contribution in [-0.4, -0.2) is 23.7 Å². The molecule has 2 rings (SSSR count). The van der Waals surface area contributed by atoms with E-state index in [0.29, 0.717) is 5.92 Å². The van der Waals surface area contributed by atoms with Crippen molar-refractivity contribution < 1.29 is 9.90 Å². The Labute approximate surface area is 95.7 Å². The highest BCUT2D eigenvalue weighted by Gasteiger charge is 2.39. The van der Waals surface area contributed by atoms with Gasteiger partial charge in [0.1, 0.15) is 6.04 Å². The molecule has 1 fully saturated rings. The lowest BCUT2D eigenvalue weighted by Crippen LogP contribution is -2.42. The van der Waals surface area contributed by atoms with Crippen molar-refractivity contribution in [2.24, 2.45) is 5.92 Å². The number of benzene rings is 1. The molecule has 1 aromatic carbocycles. The van der Waals surface area contributed by atoms with Crippen molar-refractivity contribution in [1.29, 1.82) is 0 Å². The van der Waals surface area contributed by atoms with Gasteiger partial charge in [0.2, 0.25) is 0 Å². The molecule has 1 atom stereocenters. The molecule has 0 aliphatic heterocycles. The molecule has 1 aromatic rings. The van der Waals surface area contributed by atoms with Crippen LogP contribution in [0.15, 0.2) is 30.3 Å². The van der Waals surface area contributed by atoms with Crippen molar-refractivity contribution in [3.8, 4) is 0 Å². The second-order valence-corrected chi connectivity index (χ2v) is 4.24. The SMILES string of the molecule is CCN(c1ccccc1)[C@H](C(=O)O)C1CC1. The first kappa shape index (κ1) is 11.0. The topological polar surface area (TPSA) is 40.5 Å². The molecule has 3 heteroatoms. The van der Waals surface area contributed by atoms with Gasteiger partial charge in [0.05, 0.1) is 0 Å². The fraction of sp³-hybridized carbons (Fsp3) is 0.462. The summed E-state index contributed by atoms with van der Waals surface area (Å²) in [6, 6.07) is 9.44. The Hall–Kier alpha value is -1.51. The summed E-state index contributed by atoms with van der Waals surface area (Å²) in [5.74, 6) is -0.370. The number of hydrogen-bond acceptors (Lipinski definition) is 2. The number of hydrogen-bond donors (Lipinski definition) is 1. The van der Waals surface area contributed by atoms with E-state index in [9.17, 15) is 9.90 Å². The molecule has 0 saturated heterocycles. The van der Waals surface area contributed by atoms with E-state index in [0.717, 1.165) is 25.1 Å². The summed E-state index contributed by atoms with van der Waals surface area (Å²) in [6.45, 7) is 2.74. The van der Waals surface area contributed by atoms with Gasteiger partial charge in [0.15, 0.2) is 0 Å². The lowest BCUT2D eigenvalue weighted by atomic mass is 10.1. The van der Waals surface area contributed by atoms with E-state index >= 15 is 0 Å². The summed E-state index contributed by atoms with van der Waals surface area (Å²) in [7, 11) is 0. The highest BCUT2D eigenvalue weighted by Crippen LogP contribution is 2.37. The minimum Gasteiger partial charge on any atom is -0.480 e. The van der Waals surface area contributed by atoms with Crippen LogP contribution < -0.4 is 4.90 Å². The number of nitrogens with zero attached hydrogens (tertiary/aromatic N) is 1. The third-order valence-electron chi connectivity index (χ3n) is 3.09. The van der Waals surface area contributed by atoms with E-state index in [1.54, 1.807) is 0 Å². The third-order valence-corrected chi connectivity index (χ3v) is 3.09. The molecule has 3 nitrogen and oxygen atoms in total. The largest absolute Gasteiger partial charge is 0.480 e. The number of rotatable bonds is 5. The molecule has 0 unspecified atom stereocenters. The van der Waals surface area contributed by atoms with Gasteiger partial charge in [-0.25, -0.2) is 4.79 Å². The molecule has 1 N–H and O–H groups in total. The number of carbonyl (C=O) groups is 1. The third kappa shape index (κ3) is 2.18. The number of carboxylic acids is 1. The highest BCUT2D eigenvalue weighted by molar-refractivity contribution is 5.79. The van der Waals surface area contributed by atoms with Gasteiger partial charge in [-0.05, 0) is 37.8 Å². The van der Waals surface area contributed by atoms with Crippen LogP contribution in [0.3, 0.4) is 0 Å². The zero-order chi connectivity index (χ0) is 11.5. The summed E-state index contributed by atoms with van der Waals surface area (Å²) in [4.78, 5) is 13.3. The van der Waals surface area contributed by atoms with Gasteiger partial charge in [-0.15, -0.1) is 0 Å². The Morgan fingerprint density at radius 2 is 2.06 bits per heavy atom. The van der Waals surface area contributed by atoms with Crippen LogP contribution >= 0.6 is 0 Å². The average molecular weight is 219 g/mol. The number of anilines is 1. The lowest BCUT2D eigenvalue weighted by molar-refractivity contribution is -0.139. The summed E-state index contributed by atoms with van der Waals surface area (Å²) in [6.07, 6.45) is 2.08. The van der Waals surface area contributed by atoms with Gasteiger partial charge in [-0.1, -0.05) is 18.2 Å². The molecule has 1 aliphatic rings. The average Bonchev–Trinajstić information content (AvgIpc) is 3.10. The molecule has 86 valence electrons. The minimum atomic E-state index is -0.701. The fourth-order valence-corrected chi connectivity index (χ4v) is 2.16. The van der Waals surface area contributed by atoms with Crippen LogP contribution in [0.25, 0.3) is 0 Å². The predicted octanol–water partition coefficient (Wildman–Crippen LogP) is 2.38. The number of likely N-dealkylation sites (N-methyl/N-ethyl adjacent to an activating group) is 1. The minimum absolute atomic E-state index is 0.331. The molecular weight excluding hydrogens is 202 g/mol. The van der Waals surface area contributed by atoms with Gasteiger partial charge in [0.25, 0.3) is 0 Å². The Bertz CT molecular complexity index is 359. The molecule has 0 aromatic heterocycles. The van der Waals surface area contributed by atoms with Crippen molar-refractivity contribution in [1.82, 2.24) is 0 Å². The zero-order valence-corrected chi connectivity index (χ0v) is 9.47. The molecule has 0 heterocycles. The Morgan fingerprint density at radius 3 is 2.50 bits per heavy atom. The van der Waals surface area contributed by atoms with Crippen molar-refractivity contribution in [2.45, 2.75) is 25.8 Å². The number of para-hydroxylation sites is 1. The highest BCUT2D eigenvalue weighted by atomic mass is 16.4. The Balaban J connectivity index is 2.23. The van der Waals surface area contributed by atoms with E-state index in [4.69, 9.17) is 0 Å². The van der Waals surface area contributed by atoms with Crippen LogP contribution in [0.1, 0.15) is 19.8 Å². The number of carboxylic acid groups (broad SMARTS) is 1. The van der Waals surface area contributed by atoms with Gasteiger partial charge in [0, 0.05) is 12.2 Å². The van der Waals surface area contributed by atoms with Gasteiger partial charge < -0.3 is 10.0 Å². The van der Waals surface area contributed by atoms with Gasteiger partial charge >= 0.3 is 5.97 Å². The van der Waals surface area contributed by atoms with E-state index < -0.39 is 5.97 Å². The first-order chi connectivity index (χ1) is 7.74. The summed E-state index contributed by atoms with van der Waals surface area (Å²) in [5, 5.41) is 9.30. The van der Waals surface area contributed by atoms with Crippen molar-refractivity contribution in [3.05, 3.63) is 30.3 Å². The van der Waals surface area contributed by atoms with E-state index in [1.807, 2.05) is 42.2 Å². The molecule has 0 bridgehead atoms. The van der Waals surface area contributed by atoms with E-state index in [-0.39, 0.29) is 6.04 Å². The first-order valence-corrected chi connectivity index (χ1v) is 5.78. The molecule has 0 radical (unpaired) electrons. The number of aliphatic carboxylic acids is 1. The Kier molecular flexibility index (Phi) is 3.13. The normalized spacial score (nSPS) is 16.8. The van der Waals surface area contributed by atoms with E-state index in [1.165, 1.54) is 0 Å². The summed E-state index contributed by atoms with van der Waals surface area (Å²) in [5.41, 5.74) is 1.00. The lowest BCUT2D eigenvalue weighted by Gasteiger charge is -2.29. The van der Waals surface area contributed by atoms with Crippen LogP contribution in [0, 0.1) is 5.92 Å². The smallest absolute Gasteiger partial charge is 0.326 e. The maximum Gasteiger partial charge on any atom is 0.326 e. The van der Waals surface area contributed by atoms with Gasteiger partial charge in [-0.3, -0.25) is 0 Å². The Morgan fingerprint density at radius 1 is 1.44 bits per heavy atom. The second-order valence-electron chi connectivity index (χ2n) is 4.24. The van der Waals surface area contributed by atoms with E-state index in [2.05, 4.69) is 0 Å². The zero-order valence-electron chi connectivity index (χ0n) is 9.47. The first-order valence-electron chi connectivity index (χ1n) is 5.78. The van der Waals surface area contributed by atoms with Crippen LogP contribution in [0.2, 0.25) is 0 Å². The summed E-state index contributed by atoms with van der Waals surface area (Å²) < 4.78 is 0. The monoisotopic (exact) mass is 219 g/mol. The molecular formula is C13H17NO2. The maximum atomic E-state index is 11.3. The molecule has 1 saturated carbocycles. The summed E-state index contributed by atoms with van der Waals surface area (Å²) >= 11 is 0. The van der Waals surface area contributed by atoms with Crippen molar-refractivity contribution in [2.75, 3.05) is 11.4 Å². The quantitative estimate of drug-likeness (QED) is 0.826. The molecule has 16 heavy (non-hydrogen) atoms. The molecule has 0 spiro atoms. The van der Waals surface area contributed by atoms with Crippen molar-refractivity contribution >= 4 is 11.7 Å². The molecule has 1 aliphatic carbocycles. The van der Waals surface area contributed by atoms with Gasteiger partial charge in [-0.2, -0.15) is 0 Å².